The smallest absolute Gasteiger partial charge is 0.227 e. The number of nitrogens with one attached hydrogen (secondary N) is 1. The van der Waals surface area contributed by atoms with Gasteiger partial charge in [-0.15, -0.1) is 0 Å². The topological polar surface area (TPSA) is 49.4 Å². The first-order valence-electron chi connectivity index (χ1n) is 12.4. The number of Topliss-reactive ketones (excluding diaryl/α,β-unsaturated/α-hetero) is 1. The van der Waals surface area contributed by atoms with Crippen LogP contribution in [0.2, 0.25) is 0 Å². The number of hydrogen-bond acceptors (Lipinski definition) is 3. The van der Waals surface area contributed by atoms with Crippen LogP contribution in [0.25, 0.3) is 0 Å². The molecule has 3 aromatic rings. The molecule has 1 aliphatic carbocycles. The first kappa shape index (κ1) is 22.4. The zero-order chi connectivity index (χ0) is 23.5. The van der Waals surface area contributed by atoms with Gasteiger partial charge in [-0.1, -0.05) is 78.9 Å². The molecule has 4 heteroatoms. The molecule has 1 aliphatic heterocycles. The van der Waals surface area contributed by atoms with E-state index in [0.29, 0.717) is 31.7 Å². The number of benzene rings is 3. The van der Waals surface area contributed by atoms with Gasteiger partial charge in [0.05, 0.1) is 6.42 Å². The van der Waals surface area contributed by atoms with Gasteiger partial charge in [0.1, 0.15) is 5.78 Å². The normalized spacial score (nSPS) is 21.2. The Hall–Kier alpha value is -3.40. The number of anilines is 1. The van der Waals surface area contributed by atoms with Crippen molar-refractivity contribution in [2.45, 2.75) is 31.6 Å². The molecule has 5 rings (SSSR count). The van der Waals surface area contributed by atoms with E-state index in [1.54, 1.807) is 0 Å². The largest absolute Gasteiger partial charge is 0.385 e. The van der Waals surface area contributed by atoms with Crippen LogP contribution in [0.3, 0.4) is 0 Å². The number of carbonyl (C=O) groups is 2. The second kappa shape index (κ2) is 9.46. The lowest BCUT2D eigenvalue weighted by molar-refractivity contribution is -0.129. The fourth-order valence-electron chi connectivity index (χ4n) is 6.19. The molecule has 1 amide bonds. The van der Waals surface area contributed by atoms with E-state index in [4.69, 9.17) is 0 Å². The summed E-state index contributed by atoms with van der Waals surface area (Å²) in [5.74, 6) is 0.354. The zero-order valence-corrected chi connectivity index (χ0v) is 19.7. The van der Waals surface area contributed by atoms with Crippen molar-refractivity contribution >= 4 is 17.4 Å². The first-order chi connectivity index (χ1) is 16.6. The summed E-state index contributed by atoms with van der Waals surface area (Å²) in [5, 5.41) is 3.36. The number of carbonyl (C=O) groups excluding carboxylic acids is 2. The summed E-state index contributed by atoms with van der Waals surface area (Å²) in [6.45, 7) is 4.00. The molecule has 0 radical (unpaired) electrons. The van der Waals surface area contributed by atoms with Gasteiger partial charge in [-0.2, -0.15) is 0 Å². The van der Waals surface area contributed by atoms with Gasteiger partial charge in [0.2, 0.25) is 5.91 Å². The maximum Gasteiger partial charge on any atom is 0.227 e. The SMILES string of the molecule is CCNc1ccccc1CC(=O)N1CC2C(=O)CCC(c3ccccc3)(c3ccccc3)C2C1. The summed E-state index contributed by atoms with van der Waals surface area (Å²) >= 11 is 0. The monoisotopic (exact) mass is 452 g/mol. The standard InChI is InChI=1S/C30H32N2O2/c1-2-31-27-16-10-9-11-22(27)19-29(34)32-20-25-26(21-32)30(18-17-28(25)33,23-12-5-3-6-13-23)24-14-7-4-8-15-24/h3-16,25-26,31H,2,17-21H2,1H3. The first-order valence-corrected chi connectivity index (χ1v) is 12.4. The number of fused-ring (bicyclic) bond motifs is 1. The maximum atomic E-state index is 13.5. The second-order valence-corrected chi connectivity index (χ2v) is 9.55. The molecule has 34 heavy (non-hydrogen) atoms. The molecular formula is C30H32N2O2. The van der Waals surface area contributed by atoms with Crippen molar-refractivity contribution in [1.82, 2.24) is 4.90 Å². The van der Waals surface area contributed by atoms with Crippen molar-refractivity contribution in [3.05, 3.63) is 102 Å². The molecule has 0 bridgehead atoms. The molecule has 1 N–H and O–H groups in total. The fraction of sp³-hybridized carbons (Fsp3) is 0.333. The predicted molar refractivity (Wildman–Crippen MR) is 136 cm³/mol. The van der Waals surface area contributed by atoms with E-state index in [-0.39, 0.29) is 23.2 Å². The van der Waals surface area contributed by atoms with E-state index >= 15 is 0 Å². The van der Waals surface area contributed by atoms with E-state index in [1.807, 2.05) is 41.3 Å². The molecular weight excluding hydrogens is 420 g/mol. The highest BCUT2D eigenvalue weighted by molar-refractivity contribution is 5.87. The Morgan fingerprint density at radius 3 is 2.18 bits per heavy atom. The Balaban J connectivity index is 1.48. The minimum Gasteiger partial charge on any atom is -0.385 e. The van der Waals surface area contributed by atoms with E-state index in [0.717, 1.165) is 24.2 Å². The van der Waals surface area contributed by atoms with Crippen LogP contribution in [0.15, 0.2) is 84.9 Å². The third-order valence-electron chi connectivity index (χ3n) is 7.79. The summed E-state index contributed by atoms with van der Waals surface area (Å²) in [5.41, 5.74) is 4.24. The summed E-state index contributed by atoms with van der Waals surface area (Å²) in [6.07, 6.45) is 1.68. The van der Waals surface area contributed by atoms with Gasteiger partial charge in [0, 0.05) is 49.0 Å². The van der Waals surface area contributed by atoms with Gasteiger partial charge in [-0.25, -0.2) is 0 Å². The Morgan fingerprint density at radius 2 is 1.53 bits per heavy atom. The molecule has 3 aromatic carbocycles. The molecule has 2 atom stereocenters. The van der Waals surface area contributed by atoms with Crippen LogP contribution in [0.5, 0.6) is 0 Å². The van der Waals surface area contributed by atoms with Gasteiger partial charge in [-0.3, -0.25) is 9.59 Å². The lowest BCUT2D eigenvalue weighted by atomic mass is 9.56. The average molecular weight is 453 g/mol. The van der Waals surface area contributed by atoms with Crippen LogP contribution < -0.4 is 5.32 Å². The summed E-state index contributed by atoms with van der Waals surface area (Å²) in [7, 11) is 0. The number of para-hydroxylation sites is 1. The number of hydrogen-bond donors (Lipinski definition) is 1. The predicted octanol–water partition coefficient (Wildman–Crippen LogP) is 5.08. The quantitative estimate of drug-likeness (QED) is 0.567. The third-order valence-corrected chi connectivity index (χ3v) is 7.79. The molecule has 1 saturated carbocycles. The van der Waals surface area contributed by atoms with Crippen LogP contribution in [0, 0.1) is 11.8 Å². The molecule has 2 fully saturated rings. The summed E-state index contributed by atoms with van der Waals surface area (Å²) in [6, 6.07) is 29.2. The molecule has 4 nitrogen and oxygen atoms in total. The molecule has 0 spiro atoms. The molecule has 2 unspecified atom stereocenters. The number of likely N-dealkylation sites (tertiary alicyclic amines) is 1. The van der Waals surface area contributed by atoms with Crippen molar-refractivity contribution in [3.8, 4) is 0 Å². The Bertz CT molecular complexity index is 1120. The van der Waals surface area contributed by atoms with Crippen LogP contribution in [0.1, 0.15) is 36.5 Å². The lowest BCUT2D eigenvalue weighted by Gasteiger charge is -2.45. The van der Waals surface area contributed by atoms with Gasteiger partial charge in [0.15, 0.2) is 0 Å². The third kappa shape index (κ3) is 3.91. The highest BCUT2D eigenvalue weighted by atomic mass is 16.2. The summed E-state index contributed by atoms with van der Waals surface area (Å²) in [4.78, 5) is 28.6. The van der Waals surface area contributed by atoms with E-state index in [2.05, 4.69) is 60.8 Å². The van der Waals surface area contributed by atoms with E-state index in [1.165, 1.54) is 11.1 Å². The highest BCUT2D eigenvalue weighted by Gasteiger charge is 2.55. The lowest BCUT2D eigenvalue weighted by Crippen LogP contribution is -2.47. The van der Waals surface area contributed by atoms with Crippen molar-refractivity contribution in [2.75, 3.05) is 25.0 Å². The minimum atomic E-state index is -0.266. The van der Waals surface area contributed by atoms with Crippen molar-refractivity contribution in [2.24, 2.45) is 11.8 Å². The van der Waals surface area contributed by atoms with Crippen LogP contribution in [-0.2, 0) is 21.4 Å². The van der Waals surface area contributed by atoms with Crippen molar-refractivity contribution in [3.63, 3.8) is 0 Å². The van der Waals surface area contributed by atoms with Gasteiger partial charge in [-0.05, 0) is 36.1 Å². The molecule has 2 aliphatic rings. The molecule has 0 aromatic heterocycles. The van der Waals surface area contributed by atoms with Crippen molar-refractivity contribution in [1.29, 1.82) is 0 Å². The Kier molecular flexibility index (Phi) is 6.23. The van der Waals surface area contributed by atoms with Crippen LogP contribution in [0.4, 0.5) is 5.69 Å². The van der Waals surface area contributed by atoms with E-state index < -0.39 is 0 Å². The van der Waals surface area contributed by atoms with Crippen LogP contribution >= 0.6 is 0 Å². The number of amides is 1. The number of nitrogens with zero attached hydrogens (tertiary/aromatic N) is 1. The Morgan fingerprint density at radius 1 is 0.912 bits per heavy atom. The number of rotatable bonds is 6. The maximum absolute atomic E-state index is 13.5. The second-order valence-electron chi connectivity index (χ2n) is 9.55. The van der Waals surface area contributed by atoms with Gasteiger partial charge in [0.25, 0.3) is 0 Å². The van der Waals surface area contributed by atoms with E-state index in [9.17, 15) is 9.59 Å². The number of ketones is 1. The summed E-state index contributed by atoms with van der Waals surface area (Å²) < 4.78 is 0. The Labute approximate surface area is 202 Å². The van der Waals surface area contributed by atoms with Gasteiger partial charge < -0.3 is 10.2 Å². The van der Waals surface area contributed by atoms with Crippen molar-refractivity contribution < 1.29 is 9.59 Å². The molecule has 1 saturated heterocycles. The van der Waals surface area contributed by atoms with Crippen LogP contribution in [-0.4, -0.2) is 36.2 Å². The zero-order valence-electron chi connectivity index (χ0n) is 19.7. The minimum absolute atomic E-state index is 0.0755. The molecule has 1 heterocycles. The van der Waals surface area contributed by atoms with Gasteiger partial charge >= 0.3 is 0 Å². The highest BCUT2D eigenvalue weighted by Crippen LogP contribution is 2.52. The molecule has 174 valence electrons. The fourth-order valence-corrected chi connectivity index (χ4v) is 6.19. The average Bonchev–Trinajstić information content (AvgIpc) is 3.34.